The lowest BCUT2D eigenvalue weighted by molar-refractivity contribution is 0.0961. The summed E-state index contributed by atoms with van der Waals surface area (Å²) in [5, 5.41) is 0.463. The van der Waals surface area contributed by atoms with E-state index in [0.29, 0.717) is 46.9 Å². The van der Waals surface area contributed by atoms with Crippen LogP contribution in [0.3, 0.4) is 0 Å². The molecule has 0 amide bonds. The van der Waals surface area contributed by atoms with Gasteiger partial charge in [-0.15, -0.1) is 0 Å². The first-order valence-corrected chi connectivity index (χ1v) is 11.9. The fourth-order valence-electron chi connectivity index (χ4n) is 3.99. The third-order valence-corrected chi connectivity index (χ3v) is 7.80. The first-order chi connectivity index (χ1) is 15.4. The van der Waals surface area contributed by atoms with Crippen LogP contribution in [0.15, 0.2) is 70.7 Å². The molecule has 0 bridgehead atoms. The zero-order valence-electron chi connectivity index (χ0n) is 17.5. The Morgan fingerprint density at radius 3 is 2.66 bits per heavy atom. The molecule has 0 N–H and O–H groups in total. The van der Waals surface area contributed by atoms with Crippen molar-refractivity contribution in [3.05, 3.63) is 66.9 Å². The van der Waals surface area contributed by atoms with Crippen molar-refractivity contribution >= 4 is 26.8 Å². The predicted octanol–water partition coefficient (Wildman–Crippen LogP) is 3.80. The number of sulfonamides is 1. The van der Waals surface area contributed by atoms with Crippen LogP contribution < -0.4 is 0 Å². The number of hydrogen-bond acceptors (Lipinski definition) is 6. The number of piperidine rings is 1. The number of imidazole rings is 1. The molecule has 0 radical (unpaired) electrons. The second-order valence-corrected chi connectivity index (χ2v) is 10.0. The maximum Gasteiger partial charge on any atom is 0.263 e. The molecule has 1 aromatic carbocycles. The number of fused-ring (bicyclic) bond motifs is 1. The van der Waals surface area contributed by atoms with E-state index in [1.54, 1.807) is 42.6 Å². The minimum atomic E-state index is -3.67. The van der Waals surface area contributed by atoms with Gasteiger partial charge in [0.25, 0.3) is 5.91 Å². The Morgan fingerprint density at radius 1 is 1.16 bits per heavy atom. The van der Waals surface area contributed by atoms with Crippen molar-refractivity contribution in [2.45, 2.75) is 24.7 Å². The number of carbonyl (C=O) groups excluding carboxylic acids is 1. The molecule has 8 nitrogen and oxygen atoms in total. The lowest BCUT2D eigenvalue weighted by Gasteiger charge is -2.29. The first-order valence-electron chi connectivity index (χ1n) is 10.4. The van der Waals surface area contributed by atoms with Crippen LogP contribution in [0.1, 0.15) is 30.1 Å². The summed E-state index contributed by atoms with van der Waals surface area (Å²) in [5.41, 5.74) is 1.32. The number of furan rings is 1. The predicted molar refractivity (Wildman–Crippen MR) is 119 cm³/mol. The van der Waals surface area contributed by atoms with Gasteiger partial charge in [0.2, 0.25) is 10.0 Å². The van der Waals surface area contributed by atoms with Crippen molar-refractivity contribution in [1.29, 1.82) is 0 Å². The molecule has 1 aliphatic rings. The van der Waals surface area contributed by atoms with Crippen molar-refractivity contribution in [1.82, 2.24) is 18.8 Å². The lowest BCUT2D eigenvalue weighted by Crippen LogP contribution is -2.37. The SMILES string of the molecule is CC1CCN(S(=O)(=O)c2ccc3nc(-c4ccco4)cc(C(=O)n4ccnc4)c3c2)CC1. The normalized spacial score (nSPS) is 15.9. The Kier molecular flexibility index (Phi) is 5.15. The molecular formula is C23H22N4O4S. The van der Waals surface area contributed by atoms with E-state index in [-0.39, 0.29) is 10.8 Å². The quantitative estimate of drug-likeness (QED) is 0.469. The molecule has 1 aliphatic heterocycles. The van der Waals surface area contributed by atoms with Crippen LogP contribution in [0.4, 0.5) is 0 Å². The average molecular weight is 451 g/mol. The van der Waals surface area contributed by atoms with Crippen molar-refractivity contribution < 1.29 is 17.6 Å². The highest BCUT2D eigenvalue weighted by Gasteiger charge is 2.29. The molecule has 1 fully saturated rings. The average Bonchev–Trinajstić information content (AvgIpc) is 3.52. The van der Waals surface area contributed by atoms with Crippen LogP contribution in [0.25, 0.3) is 22.4 Å². The molecule has 9 heteroatoms. The zero-order valence-corrected chi connectivity index (χ0v) is 18.3. The van der Waals surface area contributed by atoms with Crippen molar-refractivity contribution in [3.63, 3.8) is 0 Å². The van der Waals surface area contributed by atoms with E-state index in [2.05, 4.69) is 16.9 Å². The van der Waals surface area contributed by atoms with Crippen molar-refractivity contribution in [2.75, 3.05) is 13.1 Å². The fourth-order valence-corrected chi connectivity index (χ4v) is 5.48. The van der Waals surface area contributed by atoms with Crippen LogP contribution in [-0.4, -0.2) is 46.3 Å². The van der Waals surface area contributed by atoms with Crippen molar-refractivity contribution in [3.8, 4) is 11.5 Å². The van der Waals surface area contributed by atoms with Crippen LogP contribution in [0, 0.1) is 5.92 Å². The van der Waals surface area contributed by atoms with Gasteiger partial charge < -0.3 is 4.42 Å². The highest BCUT2D eigenvalue weighted by molar-refractivity contribution is 7.89. The number of aromatic nitrogens is 3. The fraction of sp³-hybridized carbons (Fsp3) is 0.261. The summed E-state index contributed by atoms with van der Waals surface area (Å²) >= 11 is 0. The molecular weight excluding hydrogens is 428 g/mol. The summed E-state index contributed by atoms with van der Waals surface area (Å²) < 4.78 is 34.9. The summed E-state index contributed by atoms with van der Waals surface area (Å²) in [5.74, 6) is 0.705. The minimum absolute atomic E-state index is 0.159. The number of rotatable bonds is 4. The number of pyridine rings is 1. The smallest absolute Gasteiger partial charge is 0.263 e. The second kappa shape index (κ2) is 7.99. The second-order valence-electron chi connectivity index (χ2n) is 8.07. The van der Waals surface area contributed by atoms with Gasteiger partial charge in [0.1, 0.15) is 12.0 Å². The molecule has 0 unspecified atom stereocenters. The molecule has 32 heavy (non-hydrogen) atoms. The van der Waals surface area contributed by atoms with Crippen LogP contribution in [0.5, 0.6) is 0 Å². The van der Waals surface area contributed by atoms with E-state index in [9.17, 15) is 13.2 Å². The van der Waals surface area contributed by atoms with Gasteiger partial charge in [0.15, 0.2) is 5.76 Å². The van der Waals surface area contributed by atoms with Gasteiger partial charge >= 0.3 is 0 Å². The third-order valence-electron chi connectivity index (χ3n) is 5.90. The Morgan fingerprint density at radius 2 is 1.97 bits per heavy atom. The first kappa shape index (κ1) is 20.6. The van der Waals surface area contributed by atoms with Crippen LogP contribution >= 0.6 is 0 Å². The number of hydrogen-bond donors (Lipinski definition) is 0. The maximum absolute atomic E-state index is 13.3. The topological polar surface area (TPSA) is 98.3 Å². The van der Waals surface area contributed by atoms with E-state index in [4.69, 9.17) is 4.42 Å². The van der Waals surface area contributed by atoms with Gasteiger partial charge in [-0.2, -0.15) is 4.31 Å². The molecule has 4 aromatic rings. The molecule has 5 rings (SSSR count). The molecule has 0 saturated carbocycles. The van der Waals surface area contributed by atoms with Gasteiger partial charge in [-0.05, 0) is 55.2 Å². The number of nitrogens with zero attached hydrogens (tertiary/aromatic N) is 4. The Bertz CT molecular complexity index is 1370. The highest BCUT2D eigenvalue weighted by atomic mass is 32.2. The summed E-state index contributed by atoms with van der Waals surface area (Å²) in [7, 11) is -3.67. The molecule has 4 heterocycles. The van der Waals surface area contributed by atoms with E-state index in [0.717, 1.165) is 12.8 Å². The summed E-state index contributed by atoms with van der Waals surface area (Å²) in [6, 6.07) is 9.88. The monoisotopic (exact) mass is 450 g/mol. The number of benzene rings is 1. The minimum Gasteiger partial charge on any atom is -0.463 e. The van der Waals surface area contributed by atoms with Gasteiger partial charge in [-0.25, -0.2) is 18.4 Å². The molecule has 1 saturated heterocycles. The van der Waals surface area contributed by atoms with Crippen molar-refractivity contribution in [2.24, 2.45) is 5.92 Å². The third kappa shape index (κ3) is 3.63. The van der Waals surface area contributed by atoms with Crippen LogP contribution in [0.2, 0.25) is 0 Å². The Labute approximate surface area is 185 Å². The van der Waals surface area contributed by atoms with Gasteiger partial charge in [0.05, 0.1) is 22.2 Å². The van der Waals surface area contributed by atoms with Gasteiger partial charge in [-0.3, -0.25) is 9.36 Å². The largest absolute Gasteiger partial charge is 0.463 e. The number of carbonyl (C=O) groups is 1. The molecule has 0 spiro atoms. The van der Waals surface area contributed by atoms with Gasteiger partial charge in [-0.1, -0.05) is 6.92 Å². The summed E-state index contributed by atoms with van der Waals surface area (Å²) in [6.45, 7) is 3.13. The van der Waals surface area contributed by atoms with E-state index in [1.807, 2.05) is 0 Å². The standard InChI is InChI=1S/C23H22N4O4S/c1-16-6-9-27(10-7-16)32(29,30)17-4-5-20-18(13-17)19(23(28)26-11-8-24-15-26)14-21(25-20)22-3-2-12-31-22/h2-5,8,11-16H,6-7,9-10H2,1H3. The van der Waals surface area contributed by atoms with Gasteiger partial charge in [0, 0.05) is 30.9 Å². The molecule has 0 atom stereocenters. The molecule has 164 valence electrons. The summed E-state index contributed by atoms with van der Waals surface area (Å²) in [6.07, 6.45) is 7.69. The van der Waals surface area contributed by atoms with E-state index in [1.165, 1.54) is 27.7 Å². The van der Waals surface area contributed by atoms with E-state index < -0.39 is 10.0 Å². The van der Waals surface area contributed by atoms with Crippen LogP contribution in [-0.2, 0) is 10.0 Å². The molecule has 3 aromatic heterocycles. The highest BCUT2D eigenvalue weighted by Crippen LogP contribution is 2.30. The zero-order chi connectivity index (χ0) is 22.3. The maximum atomic E-state index is 13.3. The Hall–Kier alpha value is -3.30. The lowest BCUT2D eigenvalue weighted by atomic mass is 10.0. The summed E-state index contributed by atoms with van der Waals surface area (Å²) in [4.78, 5) is 22.0. The van der Waals surface area contributed by atoms with E-state index >= 15 is 0 Å². The Balaban J connectivity index is 1.65. The molecule has 0 aliphatic carbocycles.